The van der Waals surface area contributed by atoms with Gasteiger partial charge in [-0.3, -0.25) is 10.1 Å². The molecule has 0 fully saturated rings. The van der Waals surface area contributed by atoms with Crippen LogP contribution in [0.5, 0.6) is 0 Å². The maximum Gasteiger partial charge on any atom is 0.271 e. The lowest BCUT2D eigenvalue weighted by atomic mass is 10.3. The van der Waals surface area contributed by atoms with Crippen LogP contribution >= 0.6 is 11.3 Å². The third-order valence-corrected chi connectivity index (χ3v) is 5.17. The summed E-state index contributed by atoms with van der Waals surface area (Å²) in [4.78, 5) is 14.6. The first-order valence-corrected chi connectivity index (χ1v) is 8.10. The zero-order valence-corrected chi connectivity index (χ0v) is 12.6. The fourth-order valence-electron chi connectivity index (χ4n) is 1.63. The summed E-state index contributed by atoms with van der Waals surface area (Å²) in [6.07, 6.45) is 0. The summed E-state index contributed by atoms with van der Waals surface area (Å²) >= 11 is 1.34. The van der Waals surface area contributed by atoms with Gasteiger partial charge in [0, 0.05) is 23.6 Å². The SMILES string of the molecule is Cc1ncsc1CNS(=O)(=O)c1ccc([N+](=O)[O-])cc1N. The molecule has 21 heavy (non-hydrogen) atoms. The average Bonchev–Trinajstić information content (AvgIpc) is 2.81. The molecular formula is C11H12N4O4S2. The molecule has 1 aromatic carbocycles. The molecule has 0 atom stereocenters. The smallest absolute Gasteiger partial charge is 0.271 e. The number of nitrogens with one attached hydrogen (secondary N) is 1. The highest BCUT2D eigenvalue weighted by atomic mass is 32.2. The van der Waals surface area contributed by atoms with Crippen molar-refractivity contribution in [1.82, 2.24) is 9.71 Å². The molecule has 2 rings (SSSR count). The lowest BCUT2D eigenvalue weighted by molar-refractivity contribution is -0.384. The lowest BCUT2D eigenvalue weighted by Crippen LogP contribution is -2.24. The number of aromatic nitrogens is 1. The van der Waals surface area contributed by atoms with Crippen LogP contribution in [0.3, 0.4) is 0 Å². The fraction of sp³-hybridized carbons (Fsp3) is 0.182. The zero-order valence-electron chi connectivity index (χ0n) is 10.9. The highest BCUT2D eigenvalue weighted by Gasteiger charge is 2.20. The van der Waals surface area contributed by atoms with E-state index < -0.39 is 14.9 Å². The monoisotopic (exact) mass is 328 g/mol. The van der Waals surface area contributed by atoms with Gasteiger partial charge in [0.2, 0.25) is 10.0 Å². The lowest BCUT2D eigenvalue weighted by Gasteiger charge is -2.08. The van der Waals surface area contributed by atoms with Gasteiger partial charge >= 0.3 is 0 Å². The van der Waals surface area contributed by atoms with Gasteiger partial charge in [-0.15, -0.1) is 11.3 Å². The van der Waals surface area contributed by atoms with E-state index in [9.17, 15) is 18.5 Å². The average molecular weight is 328 g/mol. The zero-order chi connectivity index (χ0) is 15.6. The molecule has 0 spiro atoms. The number of sulfonamides is 1. The van der Waals surface area contributed by atoms with Crippen molar-refractivity contribution in [1.29, 1.82) is 0 Å². The van der Waals surface area contributed by atoms with Gasteiger partial charge in [0.05, 0.1) is 21.8 Å². The first-order valence-electron chi connectivity index (χ1n) is 5.74. The number of hydrogen-bond donors (Lipinski definition) is 2. The van der Waals surface area contributed by atoms with Crippen LogP contribution in [0.1, 0.15) is 10.6 Å². The summed E-state index contributed by atoms with van der Waals surface area (Å²) < 4.78 is 26.7. The Morgan fingerprint density at radius 3 is 2.71 bits per heavy atom. The van der Waals surface area contributed by atoms with Crippen molar-refractivity contribution in [2.75, 3.05) is 5.73 Å². The second-order valence-electron chi connectivity index (χ2n) is 4.16. The van der Waals surface area contributed by atoms with E-state index in [4.69, 9.17) is 5.73 Å². The van der Waals surface area contributed by atoms with Gasteiger partial charge < -0.3 is 5.73 Å². The number of benzene rings is 1. The molecule has 10 heteroatoms. The number of nitro groups is 1. The Kier molecular flexibility index (Phi) is 4.21. The molecule has 0 saturated heterocycles. The Labute approximate surface area is 124 Å². The molecule has 2 aromatic rings. The van der Waals surface area contributed by atoms with Gasteiger partial charge in [0.15, 0.2) is 0 Å². The number of hydrogen-bond acceptors (Lipinski definition) is 7. The summed E-state index contributed by atoms with van der Waals surface area (Å²) in [6, 6.07) is 3.24. The van der Waals surface area contributed by atoms with Crippen molar-refractivity contribution in [2.24, 2.45) is 0 Å². The number of nitrogen functional groups attached to an aromatic ring is 1. The first-order chi connectivity index (χ1) is 9.81. The standard InChI is InChI=1S/C11H12N4O4S2/c1-7-10(20-6-13-7)5-14-21(18,19)11-3-2-8(15(16)17)4-9(11)12/h2-4,6,14H,5,12H2,1H3. The van der Waals surface area contributed by atoms with E-state index in [0.717, 1.165) is 28.8 Å². The molecule has 0 radical (unpaired) electrons. The van der Waals surface area contributed by atoms with E-state index in [1.54, 1.807) is 12.4 Å². The molecule has 0 amide bonds. The third kappa shape index (κ3) is 3.35. The van der Waals surface area contributed by atoms with Crippen molar-refractivity contribution in [3.8, 4) is 0 Å². The summed E-state index contributed by atoms with van der Waals surface area (Å²) in [5.74, 6) is 0. The molecule has 8 nitrogen and oxygen atoms in total. The van der Waals surface area contributed by atoms with Crippen molar-refractivity contribution in [3.05, 3.63) is 44.4 Å². The molecule has 0 bridgehead atoms. The highest BCUT2D eigenvalue weighted by molar-refractivity contribution is 7.89. The summed E-state index contributed by atoms with van der Waals surface area (Å²) in [5, 5.41) is 10.6. The summed E-state index contributed by atoms with van der Waals surface area (Å²) in [7, 11) is -3.84. The van der Waals surface area contributed by atoms with E-state index in [0.29, 0.717) is 0 Å². The van der Waals surface area contributed by atoms with E-state index >= 15 is 0 Å². The number of non-ortho nitro benzene ring substituents is 1. The van der Waals surface area contributed by atoms with Crippen LogP contribution < -0.4 is 10.5 Å². The summed E-state index contributed by atoms with van der Waals surface area (Å²) in [6.45, 7) is 1.87. The van der Waals surface area contributed by atoms with Crippen molar-refractivity contribution in [3.63, 3.8) is 0 Å². The van der Waals surface area contributed by atoms with Crippen LogP contribution in [0.25, 0.3) is 0 Å². The molecule has 1 aromatic heterocycles. The predicted molar refractivity (Wildman–Crippen MR) is 78.4 cm³/mol. The van der Waals surface area contributed by atoms with Crippen LogP contribution in [0.2, 0.25) is 0 Å². The minimum absolute atomic E-state index is 0.0925. The quantitative estimate of drug-likeness (QED) is 0.485. The molecule has 0 aliphatic rings. The Bertz CT molecular complexity index is 785. The second-order valence-corrected chi connectivity index (χ2v) is 6.84. The van der Waals surface area contributed by atoms with Gasteiger partial charge in [-0.25, -0.2) is 18.1 Å². The summed E-state index contributed by atoms with van der Waals surface area (Å²) in [5.41, 5.74) is 7.54. The topological polar surface area (TPSA) is 128 Å². The molecule has 0 saturated carbocycles. The molecule has 0 aliphatic carbocycles. The number of nitrogens with two attached hydrogens (primary N) is 1. The largest absolute Gasteiger partial charge is 0.397 e. The highest BCUT2D eigenvalue weighted by Crippen LogP contribution is 2.24. The van der Waals surface area contributed by atoms with Crippen LogP contribution in [0.15, 0.2) is 28.6 Å². The van der Waals surface area contributed by atoms with E-state index in [2.05, 4.69) is 9.71 Å². The third-order valence-electron chi connectivity index (χ3n) is 2.76. The number of thiazole rings is 1. The predicted octanol–water partition coefficient (Wildman–Crippen LogP) is 1.42. The van der Waals surface area contributed by atoms with E-state index in [1.807, 2.05) is 0 Å². The second kappa shape index (κ2) is 5.76. The number of nitro benzene ring substituents is 1. The maximum absolute atomic E-state index is 12.2. The van der Waals surface area contributed by atoms with Gasteiger partial charge in [0.25, 0.3) is 5.69 Å². The maximum atomic E-state index is 12.2. The van der Waals surface area contributed by atoms with Gasteiger partial charge in [-0.2, -0.15) is 0 Å². The minimum atomic E-state index is -3.84. The van der Waals surface area contributed by atoms with Crippen LogP contribution in [-0.2, 0) is 16.6 Å². The van der Waals surface area contributed by atoms with Gasteiger partial charge in [-0.1, -0.05) is 0 Å². The van der Waals surface area contributed by atoms with Crippen LogP contribution in [0, 0.1) is 17.0 Å². The number of anilines is 1. The first kappa shape index (κ1) is 15.4. The normalized spacial score (nSPS) is 11.5. The molecule has 112 valence electrons. The Morgan fingerprint density at radius 2 is 2.19 bits per heavy atom. The van der Waals surface area contributed by atoms with Gasteiger partial charge in [0.1, 0.15) is 4.90 Å². The molecule has 3 N–H and O–H groups in total. The van der Waals surface area contributed by atoms with E-state index in [-0.39, 0.29) is 22.8 Å². The van der Waals surface area contributed by atoms with Crippen molar-refractivity contribution >= 4 is 32.7 Å². The van der Waals surface area contributed by atoms with Gasteiger partial charge in [-0.05, 0) is 13.0 Å². The molecule has 0 aliphatic heterocycles. The van der Waals surface area contributed by atoms with Crippen molar-refractivity contribution in [2.45, 2.75) is 18.4 Å². The Balaban J connectivity index is 2.23. The molecule has 1 heterocycles. The Morgan fingerprint density at radius 1 is 1.48 bits per heavy atom. The Hall–Kier alpha value is -2.04. The number of aryl methyl sites for hydroxylation is 1. The van der Waals surface area contributed by atoms with Crippen molar-refractivity contribution < 1.29 is 13.3 Å². The number of nitrogens with zero attached hydrogens (tertiary/aromatic N) is 2. The fourth-order valence-corrected chi connectivity index (χ4v) is 3.54. The molecular weight excluding hydrogens is 316 g/mol. The van der Waals surface area contributed by atoms with E-state index in [1.165, 1.54) is 11.3 Å². The number of rotatable bonds is 5. The molecule has 0 unspecified atom stereocenters. The minimum Gasteiger partial charge on any atom is -0.397 e. The van der Waals surface area contributed by atoms with Crippen LogP contribution in [-0.4, -0.2) is 18.3 Å². The van der Waals surface area contributed by atoms with Crippen LogP contribution in [0.4, 0.5) is 11.4 Å².